The van der Waals surface area contributed by atoms with Gasteiger partial charge in [0, 0.05) is 17.3 Å². The van der Waals surface area contributed by atoms with Crippen LogP contribution in [-0.4, -0.2) is 9.97 Å². The van der Waals surface area contributed by atoms with Crippen molar-refractivity contribution in [3.63, 3.8) is 0 Å². The number of rotatable bonds is 2. The number of hydrogen-bond donors (Lipinski definition) is 0. The van der Waals surface area contributed by atoms with Gasteiger partial charge in [0.25, 0.3) is 0 Å². The Hall–Kier alpha value is -1.19. The van der Waals surface area contributed by atoms with Gasteiger partial charge in [-0.2, -0.15) is 0 Å². The predicted molar refractivity (Wildman–Crippen MR) is 62.3 cm³/mol. The van der Waals surface area contributed by atoms with Gasteiger partial charge < -0.3 is 0 Å². The Bertz CT molecular complexity index is 517. The van der Waals surface area contributed by atoms with E-state index < -0.39 is 6.67 Å². The molecule has 0 aliphatic heterocycles. The fourth-order valence-corrected chi connectivity index (χ4v) is 1.80. The van der Waals surface area contributed by atoms with E-state index in [1.54, 1.807) is 18.2 Å². The van der Waals surface area contributed by atoms with Crippen LogP contribution in [0.5, 0.6) is 0 Å². The third kappa shape index (κ3) is 2.01. The molecule has 0 aliphatic carbocycles. The number of benzene rings is 1. The molecule has 0 fully saturated rings. The summed E-state index contributed by atoms with van der Waals surface area (Å²) in [7, 11) is 0. The van der Waals surface area contributed by atoms with Crippen LogP contribution in [0.2, 0.25) is 10.0 Å². The molecule has 0 radical (unpaired) electrons. The molecule has 0 amide bonds. The van der Waals surface area contributed by atoms with Crippen molar-refractivity contribution < 1.29 is 4.39 Å². The first-order valence-corrected chi connectivity index (χ1v) is 5.29. The molecule has 16 heavy (non-hydrogen) atoms. The van der Waals surface area contributed by atoms with Crippen molar-refractivity contribution in [3.05, 3.63) is 46.5 Å². The van der Waals surface area contributed by atoms with E-state index in [0.717, 1.165) is 0 Å². The molecule has 0 unspecified atom stereocenters. The second-order valence-electron chi connectivity index (χ2n) is 3.12. The van der Waals surface area contributed by atoms with Crippen LogP contribution < -0.4 is 0 Å². The average molecular weight is 257 g/mol. The second-order valence-corrected chi connectivity index (χ2v) is 3.90. The number of halogens is 3. The van der Waals surface area contributed by atoms with Crippen LogP contribution in [0.15, 0.2) is 30.7 Å². The molecule has 5 heteroatoms. The van der Waals surface area contributed by atoms with Gasteiger partial charge in [-0.05, 0) is 6.07 Å². The Morgan fingerprint density at radius 2 is 2.00 bits per heavy atom. The van der Waals surface area contributed by atoms with Crippen LogP contribution in [-0.2, 0) is 6.67 Å². The maximum Gasteiger partial charge on any atom is 0.132 e. The third-order valence-electron chi connectivity index (χ3n) is 2.16. The monoisotopic (exact) mass is 256 g/mol. The van der Waals surface area contributed by atoms with Crippen molar-refractivity contribution in [1.82, 2.24) is 9.97 Å². The molecule has 0 atom stereocenters. The standard InChI is InChI=1S/C11H7Cl2FN2/c12-9-3-1-2-7(11(9)13)8-5-15-6-16-10(8)4-14/h1-3,5-6H,4H2. The third-order valence-corrected chi connectivity index (χ3v) is 2.98. The normalized spacial score (nSPS) is 10.4. The molecule has 82 valence electrons. The molecule has 0 spiro atoms. The molecule has 2 rings (SSSR count). The Morgan fingerprint density at radius 1 is 1.19 bits per heavy atom. The van der Waals surface area contributed by atoms with Crippen LogP contribution in [0.1, 0.15) is 5.69 Å². The zero-order valence-corrected chi connectivity index (χ0v) is 9.63. The molecule has 0 bridgehead atoms. The SMILES string of the molecule is FCc1ncncc1-c1cccc(Cl)c1Cl. The van der Waals surface area contributed by atoms with E-state index in [1.807, 2.05) is 0 Å². The Balaban J connectivity index is 2.63. The molecule has 0 saturated carbocycles. The second kappa shape index (κ2) is 4.76. The lowest BCUT2D eigenvalue weighted by molar-refractivity contribution is 0.476. The van der Waals surface area contributed by atoms with E-state index in [1.165, 1.54) is 12.5 Å². The van der Waals surface area contributed by atoms with Gasteiger partial charge in [0.05, 0.1) is 15.7 Å². The lowest BCUT2D eigenvalue weighted by atomic mass is 10.1. The van der Waals surface area contributed by atoms with Gasteiger partial charge in [0.15, 0.2) is 0 Å². The van der Waals surface area contributed by atoms with Gasteiger partial charge >= 0.3 is 0 Å². The Labute approximate surface area is 102 Å². The summed E-state index contributed by atoms with van der Waals surface area (Å²) in [6.45, 7) is -0.666. The van der Waals surface area contributed by atoms with Crippen molar-refractivity contribution in [2.45, 2.75) is 6.67 Å². The van der Waals surface area contributed by atoms with Gasteiger partial charge in [-0.1, -0.05) is 35.3 Å². The summed E-state index contributed by atoms with van der Waals surface area (Å²) in [6, 6.07) is 5.18. The summed E-state index contributed by atoms with van der Waals surface area (Å²) in [6.07, 6.45) is 2.83. The van der Waals surface area contributed by atoms with Crippen molar-refractivity contribution in [2.24, 2.45) is 0 Å². The number of hydrogen-bond acceptors (Lipinski definition) is 2. The smallest absolute Gasteiger partial charge is 0.132 e. The highest BCUT2D eigenvalue weighted by molar-refractivity contribution is 6.43. The van der Waals surface area contributed by atoms with Crippen LogP contribution in [0, 0.1) is 0 Å². The molecule has 1 heterocycles. The molecule has 0 N–H and O–H groups in total. The molecule has 0 saturated heterocycles. The molecule has 1 aromatic heterocycles. The highest BCUT2D eigenvalue weighted by atomic mass is 35.5. The van der Waals surface area contributed by atoms with Gasteiger partial charge in [0.1, 0.15) is 13.0 Å². The van der Waals surface area contributed by atoms with Crippen LogP contribution in [0.4, 0.5) is 4.39 Å². The largest absolute Gasteiger partial charge is 0.244 e. The minimum Gasteiger partial charge on any atom is -0.244 e. The van der Waals surface area contributed by atoms with E-state index in [4.69, 9.17) is 23.2 Å². The van der Waals surface area contributed by atoms with Crippen LogP contribution in [0.3, 0.4) is 0 Å². The molecular weight excluding hydrogens is 250 g/mol. The minimum absolute atomic E-state index is 0.305. The average Bonchev–Trinajstić information content (AvgIpc) is 2.33. The summed E-state index contributed by atoms with van der Waals surface area (Å²) >= 11 is 11.9. The zero-order chi connectivity index (χ0) is 11.5. The molecule has 1 aromatic carbocycles. The van der Waals surface area contributed by atoms with E-state index >= 15 is 0 Å². The molecular formula is C11H7Cl2FN2. The molecule has 2 nitrogen and oxygen atoms in total. The van der Waals surface area contributed by atoms with Crippen molar-refractivity contribution in [2.75, 3.05) is 0 Å². The minimum atomic E-state index is -0.666. The highest BCUT2D eigenvalue weighted by Gasteiger charge is 2.11. The number of aromatic nitrogens is 2. The summed E-state index contributed by atoms with van der Waals surface area (Å²) < 4.78 is 12.7. The zero-order valence-electron chi connectivity index (χ0n) is 8.12. The lowest BCUT2D eigenvalue weighted by Gasteiger charge is -2.07. The lowest BCUT2D eigenvalue weighted by Crippen LogP contribution is -1.93. The van der Waals surface area contributed by atoms with Crippen LogP contribution >= 0.6 is 23.2 Å². The van der Waals surface area contributed by atoms with E-state index in [2.05, 4.69) is 9.97 Å². The first-order valence-electron chi connectivity index (χ1n) is 4.53. The summed E-state index contributed by atoms with van der Waals surface area (Å²) in [5, 5.41) is 0.807. The first kappa shape index (κ1) is 11.3. The number of nitrogens with zero attached hydrogens (tertiary/aromatic N) is 2. The van der Waals surface area contributed by atoms with Gasteiger partial charge in [-0.3, -0.25) is 0 Å². The van der Waals surface area contributed by atoms with Gasteiger partial charge in [-0.25, -0.2) is 14.4 Å². The topological polar surface area (TPSA) is 25.8 Å². The van der Waals surface area contributed by atoms with Crippen molar-refractivity contribution >= 4 is 23.2 Å². The van der Waals surface area contributed by atoms with Crippen molar-refractivity contribution in [3.8, 4) is 11.1 Å². The van der Waals surface area contributed by atoms with Crippen LogP contribution in [0.25, 0.3) is 11.1 Å². The van der Waals surface area contributed by atoms with E-state index in [9.17, 15) is 4.39 Å². The summed E-state index contributed by atoms with van der Waals surface area (Å²) in [5.41, 5.74) is 1.51. The first-order chi connectivity index (χ1) is 7.74. The summed E-state index contributed by atoms with van der Waals surface area (Å²) in [4.78, 5) is 7.72. The summed E-state index contributed by atoms with van der Waals surface area (Å²) in [5.74, 6) is 0. The van der Waals surface area contributed by atoms with Crippen molar-refractivity contribution in [1.29, 1.82) is 0 Å². The molecule has 0 aliphatic rings. The van der Waals surface area contributed by atoms with Gasteiger partial charge in [-0.15, -0.1) is 0 Å². The predicted octanol–water partition coefficient (Wildman–Crippen LogP) is 3.92. The van der Waals surface area contributed by atoms with E-state index in [0.29, 0.717) is 26.9 Å². The fraction of sp³-hybridized carbons (Fsp3) is 0.0909. The van der Waals surface area contributed by atoms with E-state index in [-0.39, 0.29) is 0 Å². The Kier molecular flexibility index (Phi) is 3.36. The van der Waals surface area contributed by atoms with Gasteiger partial charge in [0.2, 0.25) is 0 Å². The maximum atomic E-state index is 12.7. The fourth-order valence-electron chi connectivity index (χ4n) is 1.40. The molecule has 2 aromatic rings. The maximum absolute atomic E-state index is 12.7. The Morgan fingerprint density at radius 3 is 2.75 bits per heavy atom. The number of alkyl halides is 1. The highest BCUT2D eigenvalue weighted by Crippen LogP contribution is 2.34. The quantitative estimate of drug-likeness (QED) is 0.814.